The van der Waals surface area contributed by atoms with Gasteiger partial charge in [-0.05, 0) is 57.5 Å². The second-order valence-corrected chi connectivity index (χ2v) is 11.6. The zero-order chi connectivity index (χ0) is 31.7. The Balaban J connectivity index is 1.76. The van der Waals surface area contributed by atoms with Crippen LogP contribution in [0.5, 0.6) is 5.75 Å². The van der Waals surface area contributed by atoms with Crippen LogP contribution in [0.2, 0.25) is 0 Å². The number of carboxylic acid groups (broad SMARTS) is 1. The highest BCUT2D eigenvalue weighted by atomic mass is 16.5. The van der Waals surface area contributed by atoms with Crippen molar-refractivity contribution in [3.8, 4) is 5.75 Å². The number of amides is 4. The number of H-pyrrole nitrogens is 1. The lowest BCUT2D eigenvalue weighted by Crippen LogP contribution is -2.53. The second kappa shape index (κ2) is 15.4. The maximum atomic E-state index is 13.6. The molecule has 0 bridgehead atoms. The monoisotopic (exact) mass is 600 g/mol. The first-order chi connectivity index (χ1) is 20.4. The minimum absolute atomic E-state index is 0.0365. The van der Waals surface area contributed by atoms with Crippen molar-refractivity contribution < 1.29 is 33.8 Å². The summed E-state index contributed by atoms with van der Waals surface area (Å²) in [4.78, 5) is 70.4. The lowest BCUT2D eigenvalue weighted by atomic mass is 9.93. The normalized spacial score (nSPS) is 16.2. The number of hydrogen-bond acceptors (Lipinski definition) is 7. The third-order valence-corrected chi connectivity index (χ3v) is 7.52. The number of Topliss-reactive ketones (excluding diaryl/α,β-unsaturated/α-hetero) is 1. The molecule has 2 aromatic rings. The van der Waals surface area contributed by atoms with Gasteiger partial charge in [-0.3, -0.25) is 19.2 Å². The highest BCUT2D eigenvalue weighted by Gasteiger charge is 2.33. The van der Waals surface area contributed by atoms with E-state index in [9.17, 15) is 29.1 Å². The van der Waals surface area contributed by atoms with Gasteiger partial charge in [0.2, 0.25) is 11.8 Å². The zero-order valence-electron chi connectivity index (χ0n) is 25.6. The number of likely N-dealkylation sites (N-methyl/N-ethyl adjacent to an activating group) is 1. The number of carbonyl (C=O) groups is 5. The van der Waals surface area contributed by atoms with Gasteiger partial charge in [0.1, 0.15) is 17.5 Å². The number of carbonyl (C=O) groups excluding carboxylic acids is 4. The maximum Gasteiger partial charge on any atom is 0.407 e. The van der Waals surface area contributed by atoms with Crippen LogP contribution in [0.1, 0.15) is 50.0 Å². The predicted octanol–water partition coefficient (Wildman–Crippen LogP) is 1.83. The van der Waals surface area contributed by atoms with Gasteiger partial charge in [-0.1, -0.05) is 19.9 Å². The maximum absolute atomic E-state index is 13.6. The molecule has 43 heavy (non-hydrogen) atoms. The Morgan fingerprint density at radius 3 is 2.44 bits per heavy atom. The van der Waals surface area contributed by atoms with Crippen LogP contribution < -0.4 is 20.7 Å². The minimum atomic E-state index is -1.14. The molecule has 1 fully saturated rings. The average Bonchev–Trinajstić information content (AvgIpc) is 3.57. The van der Waals surface area contributed by atoms with Gasteiger partial charge in [0.05, 0.1) is 13.2 Å². The van der Waals surface area contributed by atoms with Crippen molar-refractivity contribution in [3.63, 3.8) is 0 Å². The van der Waals surface area contributed by atoms with Gasteiger partial charge in [-0.15, -0.1) is 0 Å². The summed E-state index contributed by atoms with van der Waals surface area (Å²) in [5.74, 6) is -1.42. The van der Waals surface area contributed by atoms with E-state index in [1.54, 1.807) is 25.3 Å². The molecule has 4 amide bonds. The molecule has 3 rings (SSSR count). The number of ketones is 1. The Bertz CT molecular complexity index is 1310. The van der Waals surface area contributed by atoms with Crippen LogP contribution in [-0.2, 0) is 14.4 Å². The standard InChI is InChI=1S/C30H44N6O7/c1-18(2)15-23(34-29(40)24-17-20-21(32-24)7-6-8-26(20)43-5)28(39)33-22(16-19-9-11-31-27(19)38)25(37)10-12-36(30(41)42)14-13-35(3)4/h6-8,17-19,22-23,32H,9-16H2,1-5H3,(H,31,38)(H,33,39)(H,34,40)(H,41,42)/t19-,22?,23?/m0/s1. The highest BCUT2D eigenvalue weighted by molar-refractivity contribution is 6.02. The Morgan fingerprint density at radius 1 is 1.09 bits per heavy atom. The van der Waals surface area contributed by atoms with Crippen molar-refractivity contribution in [2.45, 2.75) is 51.6 Å². The largest absolute Gasteiger partial charge is 0.496 e. The van der Waals surface area contributed by atoms with E-state index >= 15 is 0 Å². The molecule has 0 spiro atoms. The van der Waals surface area contributed by atoms with Crippen molar-refractivity contribution in [1.29, 1.82) is 0 Å². The Morgan fingerprint density at radius 2 is 1.84 bits per heavy atom. The predicted molar refractivity (Wildman–Crippen MR) is 161 cm³/mol. The quantitative estimate of drug-likeness (QED) is 0.194. The van der Waals surface area contributed by atoms with Crippen LogP contribution in [0.4, 0.5) is 4.79 Å². The number of nitrogens with one attached hydrogen (secondary N) is 4. The second-order valence-electron chi connectivity index (χ2n) is 11.6. The van der Waals surface area contributed by atoms with Crippen LogP contribution in [0.3, 0.4) is 0 Å². The van der Waals surface area contributed by atoms with Gasteiger partial charge in [0.15, 0.2) is 5.78 Å². The first-order valence-electron chi connectivity index (χ1n) is 14.6. The fourth-order valence-corrected chi connectivity index (χ4v) is 5.11. The number of aromatic amines is 1. The minimum Gasteiger partial charge on any atom is -0.496 e. The number of fused-ring (bicyclic) bond motifs is 1. The molecule has 13 nitrogen and oxygen atoms in total. The summed E-state index contributed by atoms with van der Waals surface area (Å²) in [6.07, 6.45) is -0.343. The van der Waals surface area contributed by atoms with Gasteiger partial charge >= 0.3 is 6.09 Å². The first-order valence-corrected chi connectivity index (χ1v) is 14.6. The summed E-state index contributed by atoms with van der Waals surface area (Å²) in [5.41, 5.74) is 0.957. The number of aromatic nitrogens is 1. The van der Waals surface area contributed by atoms with E-state index in [-0.39, 0.29) is 49.2 Å². The molecule has 13 heteroatoms. The van der Waals surface area contributed by atoms with Crippen LogP contribution in [-0.4, -0.2) is 109 Å². The first kappa shape index (κ1) is 33.4. The zero-order valence-corrected chi connectivity index (χ0v) is 25.6. The number of rotatable bonds is 16. The Hall–Kier alpha value is -4.13. The molecule has 2 heterocycles. The van der Waals surface area contributed by atoms with Crippen LogP contribution in [0.25, 0.3) is 10.9 Å². The molecule has 1 aliphatic heterocycles. The summed E-state index contributed by atoms with van der Waals surface area (Å²) in [7, 11) is 5.19. The van der Waals surface area contributed by atoms with Crippen molar-refractivity contribution in [3.05, 3.63) is 30.0 Å². The smallest absolute Gasteiger partial charge is 0.407 e. The lowest BCUT2D eigenvalue weighted by molar-refractivity contribution is -0.130. The lowest BCUT2D eigenvalue weighted by Gasteiger charge is -2.26. The van der Waals surface area contributed by atoms with Crippen LogP contribution >= 0.6 is 0 Å². The fraction of sp³-hybridized carbons (Fsp3) is 0.567. The van der Waals surface area contributed by atoms with E-state index in [0.29, 0.717) is 37.2 Å². The van der Waals surface area contributed by atoms with Gasteiger partial charge in [0.25, 0.3) is 5.91 Å². The Kier molecular flexibility index (Phi) is 11.9. The molecule has 2 unspecified atom stereocenters. The molecular weight excluding hydrogens is 556 g/mol. The van der Waals surface area contributed by atoms with E-state index in [4.69, 9.17) is 4.74 Å². The van der Waals surface area contributed by atoms with E-state index in [1.165, 1.54) is 0 Å². The van der Waals surface area contributed by atoms with Crippen LogP contribution in [0.15, 0.2) is 24.3 Å². The van der Waals surface area contributed by atoms with Crippen LogP contribution in [0, 0.1) is 11.8 Å². The van der Waals surface area contributed by atoms with E-state index in [1.807, 2.05) is 38.9 Å². The van der Waals surface area contributed by atoms with Gasteiger partial charge in [0, 0.05) is 49.4 Å². The van der Waals surface area contributed by atoms with Crippen molar-refractivity contribution in [2.24, 2.45) is 11.8 Å². The third kappa shape index (κ3) is 9.43. The van der Waals surface area contributed by atoms with Crippen molar-refractivity contribution >= 4 is 40.5 Å². The van der Waals surface area contributed by atoms with Crippen molar-refractivity contribution in [2.75, 3.05) is 47.4 Å². The topological polar surface area (TPSA) is 173 Å². The molecule has 1 saturated heterocycles. The molecule has 0 aliphatic carbocycles. The van der Waals surface area contributed by atoms with Gasteiger partial charge in [-0.2, -0.15) is 0 Å². The van der Waals surface area contributed by atoms with E-state index in [0.717, 1.165) is 10.3 Å². The molecule has 1 aromatic carbocycles. The summed E-state index contributed by atoms with van der Waals surface area (Å²) in [6.45, 7) is 4.99. The number of ether oxygens (including phenoxy) is 1. The summed E-state index contributed by atoms with van der Waals surface area (Å²) in [6, 6.07) is 5.08. The summed E-state index contributed by atoms with van der Waals surface area (Å²) < 4.78 is 5.38. The molecule has 236 valence electrons. The molecule has 1 aliphatic rings. The SMILES string of the molecule is COc1cccc2[nH]c(C(=O)NC(CC(C)C)C(=O)NC(C[C@@H]3CCNC3=O)C(=O)CCN(CCN(C)C)C(=O)O)cc12. The number of benzene rings is 1. The molecule has 1 aromatic heterocycles. The summed E-state index contributed by atoms with van der Waals surface area (Å²) in [5, 5.41) is 18.6. The molecule has 0 saturated carbocycles. The molecule has 3 atom stereocenters. The third-order valence-electron chi connectivity index (χ3n) is 7.52. The average molecular weight is 601 g/mol. The summed E-state index contributed by atoms with van der Waals surface area (Å²) >= 11 is 0. The van der Waals surface area contributed by atoms with Crippen molar-refractivity contribution in [1.82, 2.24) is 30.7 Å². The molecule has 0 radical (unpaired) electrons. The number of hydrogen-bond donors (Lipinski definition) is 5. The van der Waals surface area contributed by atoms with E-state index < -0.39 is 35.9 Å². The molecule has 5 N–H and O–H groups in total. The van der Waals surface area contributed by atoms with Gasteiger partial charge < -0.3 is 40.6 Å². The molecular formula is C30H44N6O7. The van der Waals surface area contributed by atoms with Gasteiger partial charge in [-0.25, -0.2) is 4.79 Å². The van der Waals surface area contributed by atoms with E-state index in [2.05, 4.69) is 20.9 Å². The fourth-order valence-electron chi connectivity index (χ4n) is 5.11. The number of nitrogens with zero attached hydrogens (tertiary/aromatic N) is 2. The number of methoxy groups -OCH3 is 1. The highest BCUT2D eigenvalue weighted by Crippen LogP contribution is 2.26. The Labute approximate surface area is 251 Å².